The lowest BCUT2D eigenvalue weighted by Gasteiger charge is -2.31. The van der Waals surface area contributed by atoms with E-state index in [4.69, 9.17) is 16.3 Å². The molecule has 0 bridgehead atoms. The summed E-state index contributed by atoms with van der Waals surface area (Å²) in [5, 5.41) is 0.538. The van der Waals surface area contributed by atoms with Gasteiger partial charge >= 0.3 is 5.97 Å². The lowest BCUT2D eigenvalue weighted by atomic mass is 10.1. The van der Waals surface area contributed by atoms with Gasteiger partial charge in [-0.2, -0.15) is 0 Å². The van der Waals surface area contributed by atoms with Gasteiger partial charge in [0.05, 0.1) is 25.3 Å². The first-order valence-electron chi connectivity index (χ1n) is 5.96. The highest BCUT2D eigenvalue weighted by atomic mass is 79.9. The zero-order chi connectivity index (χ0) is 14.7. The van der Waals surface area contributed by atoms with Gasteiger partial charge in [0.25, 0.3) is 5.91 Å². The van der Waals surface area contributed by atoms with E-state index >= 15 is 0 Å². The van der Waals surface area contributed by atoms with Gasteiger partial charge in [-0.1, -0.05) is 11.6 Å². The van der Waals surface area contributed by atoms with Crippen LogP contribution in [0.5, 0.6) is 0 Å². The van der Waals surface area contributed by atoms with Crippen LogP contribution in [0.1, 0.15) is 10.4 Å². The largest absolute Gasteiger partial charge is 0.467 e. The van der Waals surface area contributed by atoms with E-state index in [0.717, 1.165) is 0 Å². The molecule has 5 nitrogen and oxygen atoms in total. The van der Waals surface area contributed by atoms with Crippen molar-refractivity contribution in [3.8, 4) is 0 Å². The molecule has 1 aliphatic rings. The summed E-state index contributed by atoms with van der Waals surface area (Å²) in [6.07, 6.45) is -0.728. The summed E-state index contributed by atoms with van der Waals surface area (Å²) in [5.41, 5.74) is 0.506. The van der Waals surface area contributed by atoms with Crippen LogP contribution in [0, 0.1) is 0 Å². The second kappa shape index (κ2) is 6.56. The Hall–Kier alpha value is -1.11. The van der Waals surface area contributed by atoms with Crippen molar-refractivity contribution in [1.82, 2.24) is 4.90 Å². The summed E-state index contributed by atoms with van der Waals surface area (Å²) in [4.78, 5) is 25.4. The molecule has 1 aliphatic heterocycles. The molecular formula is C13H13BrClNO4. The number of halogens is 2. The van der Waals surface area contributed by atoms with E-state index in [1.165, 1.54) is 7.11 Å². The van der Waals surface area contributed by atoms with Gasteiger partial charge < -0.3 is 14.4 Å². The highest BCUT2D eigenvalue weighted by Crippen LogP contribution is 2.24. The fraction of sp³-hybridized carbons (Fsp3) is 0.385. The van der Waals surface area contributed by atoms with Crippen LogP contribution in [0.3, 0.4) is 0 Å². The van der Waals surface area contributed by atoms with E-state index in [1.54, 1.807) is 23.1 Å². The molecule has 1 amide bonds. The third-order valence-corrected chi connectivity index (χ3v) is 4.20. The Bertz CT molecular complexity index is 537. The molecule has 1 aromatic carbocycles. The molecule has 1 heterocycles. The van der Waals surface area contributed by atoms with E-state index in [1.807, 2.05) is 0 Å². The molecule has 0 N–H and O–H groups in total. The Labute approximate surface area is 129 Å². The van der Waals surface area contributed by atoms with E-state index in [9.17, 15) is 9.59 Å². The van der Waals surface area contributed by atoms with Crippen LogP contribution in [0.25, 0.3) is 0 Å². The number of rotatable bonds is 2. The molecular weight excluding hydrogens is 350 g/mol. The molecule has 0 aromatic heterocycles. The molecule has 0 saturated carbocycles. The quantitative estimate of drug-likeness (QED) is 0.756. The van der Waals surface area contributed by atoms with Crippen molar-refractivity contribution in [2.75, 3.05) is 26.8 Å². The van der Waals surface area contributed by atoms with E-state index in [0.29, 0.717) is 28.2 Å². The Morgan fingerprint density at radius 2 is 2.25 bits per heavy atom. The predicted octanol–water partition coefficient (Wildman–Crippen LogP) is 2.12. The molecule has 1 unspecified atom stereocenters. The lowest BCUT2D eigenvalue weighted by Crippen LogP contribution is -2.48. The minimum atomic E-state index is -0.728. The molecule has 108 valence electrons. The molecule has 1 atom stereocenters. The molecule has 0 radical (unpaired) electrons. The SMILES string of the molecule is COC(=O)C1CN(C(=O)c2ccc(Cl)c(Br)c2)CCO1. The maximum absolute atomic E-state index is 12.4. The summed E-state index contributed by atoms with van der Waals surface area (Å²) in [5.74, 6) is -0.639. The molecule has 0 aliphatic carbocycles. The number of ether oxygens (including phenoxy) is 2. The fourth-order valence-electron chi connectivity index (χ4n) is 1.92. The van der Waals surface area contributed by atoms with Gasteiger partial charge in [0, 0.05) is 16.6 Å². The van der Waals surface area contributed by atoms with E-state index in [2.05, 4.69) is 20.7 Å². The molecule has 2 rings (SSSR count). The average Bonchev–Trinajstić information content (AvgIpc) is 2.48. The van der Waals surface area contributed by atoms with Gasteiger partial charge in [-0.05, 0) is 34.1 Å². The van der Waals surface area contributed by atoms with Crippen LogP contribution in [-0.2, 0) is 14.3 Å². The normalized spacial score (nSPS) is 18.8. The molecule has 1 saturated heterocycles. The van der Waals surface area contributed by atoms with Gasteiger partial charge in [0.2, 0.25) is 0 Å². The number of hydrogen-bond acceptors (Lipinski definition) is 4. The number of morpholine rings is 1. The molecule has 1 aromatic rings. The number of hydrogen-bond donors (Lipinski definition) is 0. The first-order chi connectivity index (χ1) is 9.52. The highest BCUT2D eigenvalue weighted by molar-refractivity contribution is 9.10. The second-order valence-corrected chi connectivity index (χ2v) is 5.52. The van der Waals surface area contributed by atoms with Crippen molar-refractivity contribution in [3.05, 3.63) is 33.3 Å². The van der Waals surface area contributed by atoms with Crippen LogP contribution in [0.4, 0.5) is 0 Å². The Balaban J connectivity index is 2.12. The number of nitrogens with zero attached hydrogens (tertiary/aromatic N) is 1. The van der Waals surface area contributed by atoms with Crippen molar-refractivity contribution >= 4 is 39.4 Å². The molecule has 7 heteroatoms. The first kappa shape index (κ1) is 15.3. The number of benzene rings is 1. The maximum Gasteiger partial charge on any atom is 0.336 e. The smallest absolute Gasteiger partial charge is 0.336 e. The number of carbonyl (C=O) groups is 2. The third-order valence-electron chi connectivity index (χ3n) is 2.98. The average molecular weight is 363 g/mol. The van der Waals surface area contributed by atoms with Crippen molar-refractivity contribution in [2.24, 2.45) is 0 Å². The van der Waals surface area contributed by atoms with Crippen LogP contribution in [-0.4, -0.2) is 49.7 Å². The van der Waals surface area contributed by atoms with Crippen molar-refractivity contribution in [1.29, 1.82) is 0 Å². The Morgan fingerprint density at radius 3 is 2.90 bits per heavy atom. The summed E-state index contributed by atoms with van der Waals surface area (Å²) >= 11 is 9.18. The van der Waals surface area contributed by atoms with Crippen molar-refractivity contribution in [2.45, 2.75) is 6.10 Å². The van der Waals surface area contributed by atoms with Crippen molar-refractivity contribution in [3.63, 3.8) is 0 Å². The number of carbonyl (C=O) groups excluding carboxylic acids is 2. The maximum atomic E-state index is 12.4. The summed E-state index contributed by atoms with van der Waals surface area (Å²) in [7, 11) is 1.29. The molecule has 0 spiro atoms. The minimum Gasteiger partial charge on any atom is -0.467 e. The highest BCUT2D eigenvalue weighted by Gasteiger charge is 2.30. The first-order valence-corrected chi connectivity index (χ1v) is 7.13. The Morgan fingerprint density at radius 1 is 1.50 bits per heavy atom. The molecule has 1 fully saturated rings. The summed E-state index contributed by atoms with van der Waals surface area (Å²) in [6.45, 7) is 0.929. The number of amides is 1. The predicted molar refractivity (Wildman–Crippen MR) is 76.8 cm³/mol. The van der Waals surface area contributed by atoms with Gasteiger partial charge in [0.15, 0.2) is 6.10 Å². The second-order valence-electron chi connectivity index (χ2n) is 4.26. The van der Waals surface area contributed by atoms with Gasteiger partial charge in [-0.3, -0.25) is 4.79 Å². The molecule has 20 heavy (non-hydrogen) atoms. The van der Waals surface area contributed by atoms with E-state index in [-0.39, 0.29) is 12.5 Å². The van der Waals surface area contributed by atoms with Crippen LogP contribution >= 0.6 is 27.5 Å². The monoisotopic (exact) mass is 361 g/mol. The van der Waals surface area contributed by atoms with Crippen molar-refractivity contribution < 1.29 is 19.1 Å². The summed E-state index contributed by atoms with van der Waals surface area (Å²) in [6, 6.07) is 4.96. The van der Waals surface area contributed by atoms with E-state index < -0.39 is 12.1 Å². The van der Waals surface area contributed by atoms with Crippen LogP contribution in [0.15, 0.2) is 22.7 Å². The zero-order valence-corrected chi connectivity index (χ0v) is 13.1. The lowest BCUT2D eigenvalue weighted by molar-refractivity contribution is -0.158. The number of methoxy groups -OCH3 is 1. The Kier molecular flexibility index (Phi) is 5.01. The number of esters is 1. The standard InChI is InChI=1S/C13H13BrClNO4/c1-19-13(18)11-7-16(4-5-20-11)12(17)8-2-3-10(15)9(14)6-8/h2-3,6,11H,4-5,7H2,1H3. The minimum absolute atomic E-state index is 0.167. The fourth-order valence-corrected chi connectivity index (χ4v) is 2.42. The topological polar surface area (TPSA) is 55.8 Å². The van der Waals surface area contributed by atoms with Gasteiger partial charge in [0.1, 0.15) is 0 Å². The summed E-state index contributed by atoms with van der Waals surface area (Å²) < 4.78 is 10.6. The van der Waals surface area contributed by atoms with Gasteiger partial charge in [-0.15, -0.1) is 0 Å². The van der Waals surface area contributed by atoms with Gasteiger partial charge in [-0.25, -0.2) is 4.79 Å². The van der Waals surface area contributed by atoms with Crippen LogP contribution < -0.4 is 0 Å². The van der Waals surface area contributed by atoms with Crippen LogP contribution in [0.2, 0.25) is 5.02 Å². The third kappa shape index (κ3) is 3.31. The zero-order valence-electron chi connectivity index (χ0n) is 10.8.